The zero-order chi connectivity index (χ0) is 17.5. The lowest BCUT2D eigenvalue weighted by molar-refractivity contribution is 0.0532. The summed E-state index contributed by atoms with van der Waals surface area (Å²) >= 11 is 0. The number of hydrogen-bond acceptors (Lipinski definition) is 3. The maximum Gasteiger partial charge on any atom is 0.407 e. The number of carbonyl (C=O) groups excluding carboxylic acids is 1. The molecule has 128 valence electrons. The maximum atomic E-state index is 13.0. The summed E-state index contributed by atoms with van der Waals surface area (Å²) < 4.78 is 23.7. The zero-order valence-corrected chi connectivity index (χ0v) is 14.5. The SMILES string of the molecule is CC(C)Oc1ccc(C/C(=C\F)CNC(=O)OC(C)(C)C)cc1. The second kappa shape index (κ2) is 8.56. The second-order valence-electron chi connectivity index (χ2n) is 6.61. The van der Waals surface area contributed by atoms with Crippen LogP contribution in [-0.2, 0) is 11.2 Å². The molecule has 0 fully saturated rings. The molecule has 0 saturated heterocycles. The highest BCUT2D eigenvalue weighted by molar-refractivity contribution is 5.68. The summed E-state index contributed by atoms with van der Waals surface area (Å²) in [7, 11) is 0. The van der Waals surface area contributed by atoms with Gasteiger partial charge in [0.2, 0.25) is 0 Å². The molecule has 0 aliphatic rings. The van der Waals surface area contributed by atoms with Gasteiger partial charge >= 0.3 is 6.09 Å². The summed E-state index contributed by atoms with van der Waals surface area (Å²) in [6.45, 7) is 9.36. The smallest absolute Gasteiger partial charge is 0.407 e. The molecule has 0 atom stereocenters. The largest absolute Gasteiger partial charge is 0.491 e. The number of halogens is 1. The Labute approximate surface area is 137 Å². The van der Waals surface area contributed by atoms with Gasteiger partial charge in [-0.2, -0.15) is 0 Å². The number of ether oxygens (including phenoxy) is 2. The topological polar surface area (TPSA) is 47.6 Å². The first-order chi connectivity index (χ1) is 10.7. The molecule has 0 spiro atoms. The molecule has 1 aromatic rings. The van der Waals surface area contributed by atoms with Crippen LogP contribution in [0.1, 0.15) is 40.2 Å². The van der Waals surface area contributed by atoms with Gasteiger partial charge in [-0.15, -0.1) is 0 Å². The Kier molecular flexibility index (Phi) is 7.07. The van der Waals surface area contributed by atoms with Crippen molar-refractivity contribution in [3.8, 4) is 5.75 Å². The van der Waals surface area contributed by atoms with Gasteiger partial charge in [0.1, 0.15) is 11.4 Å². The van der Waals surface area contributed by atoms with E-state index < -0.39 is 11.7 Å². The third-order valence-corrected chi connectivity index (χ3v) is 2.74. The minimum Gasteiger partial charge on any atom is -0.491 e. The molecule has 0 bridgehead atoms. The minimum absolute atomic E-state index is 0.107. The van der Waals surface area contributed by atoms with Crippen LogP contribution in [0.25, 0.3) is 0 Å². The predicted molar refractivity (Wildman–Crippen MR) is 89.3 cm³/mol. The molecule has 23 heavy (non-hydrogen) atoms. The Morgan fingerprint density at radius 1 is 1.26 bits per heavy atom. The summed E-state index contributed by atoms with van der Waals surface area (Å²) in [4.78, 5) is 11.6. The summed E-state index contributed by atoms with van der Waals surface area (Å²) in [5, 5.41) is 2.55. The average molecular weight is 323 g/mol. The standard InChI is InChI=1S/C18H26FNO3/c1-13(2)22-16-8-6-14(7-9-16)10-15(11-19)12-20-17(21)23-18(3,4)5/h6-9,11,13H,10,12H2,1-5H3,(H,20,21)/b15-11+. The van der Waals surface area contributed by atoms with Crippen LogP contribution in [0.2, 0.25) is 0 Å². The van der Waals surface area contributed by atoms with Crippen molar-refractivity contribution in [2.45, 2.75) is 52.7 Å². The molecule has 4 nitrogen and oxygen atoms in total. The van der Waals surface area contributed by atoms with Crippen molar-refractivity contribution >= 4 is 6.09 Å². The lowest BCUT2D eigenvalue weighted by Gasteiger charge is -2.20. The number of rotatable bonds is 6. The monoisotopic (exact) mass is 323 g/mol. The van der Waals surface area contributed by atoms with Crippen LogP contribution < -0.4 is 10.1 Å². The van der Waals surface area contributed by atoms with E-state index in [9.17, 15) is 9.18 Å². The normalized spacial score (nSPS) is 12.2. The Bertz CT molecular complexity index is 530. The molecule has 0 unspecified atom stereocenters. The lowest BCUT2D eigenvalue weighted by atomic mass is 10.1. The van der Waals surface area contributed by atoms with Crippen LogP contribution in [0, 0.1) is 0 Å². The van der Waals surface area contributed by atoms with Gasteiger partial charge < -0.3 is 14.8 Å². The molecule has 0 aliphatic heterocycles. The lowest BCUT2D eigenvalue weighted by Crippen LogP contribution is -2.33. The summed E-state index contributed by atoms with van der Waals surface area (Å²) in [6, 6.07) is 7.47. The Hall–Kier alpha value is -2.04. The van der Waals surface area contributed by atoms with Crippen molar-refractivity contribution in [3.63, 3.8) is 0 Å². The van der Waals surface area contributed by atoms with Gasteiger partial charge in [-0.05, 0) is 64.3 Å². The van der Waals surface area contributed by atoms with E-state index in [1.807, 2.05) is 38.1 Å². The number of amides is 1. The first-order valence-electron chi connectivity index (χ1n) is 7.70. The van der Waals surface area contributed by atoms with Crippen molar-refractivity contribution in [2.75, 3.05) is 6.54 Å². The molecule has 1 N–H and O–H groups in total. The van der Waals surface area contributed by atoms with E-state index in [-0.39, 0.29) is 12.6 Å². The molecule has 0 saturated carbocycles. The third kappa shape index (κ3) is 8.24. The van der Waals surface area contributed by atoms with Crippen LogP contribution in [0.5, 0.6) is 5.75 Å². The van der Waals surface area contributed by atoms with Crippen LogP contribution >= 0.6 is 0 Å². The quantitative estimate of drug-likeness (QED) is 0.844. The number of nitrogens with one attached hydrogen (secondary N) is 1. The Balaban J connectivity index is 2.52. The van der Waals surface area contributed by atoms with Gasteiger partial charge in [0.25, 0.3) is 0 Å². The molecule has 0 aromatic heterocycles. The van der Waals surface area contributed by atoms with Gasteiger partial charge in [0.15, 0.2) is 0 Å². The van der Waals surface area contributed by atoms with E-state index in [4.69, 9.17) is 9.47 Å². The molecule has 1 aromatic carbocycles. The van der Waals surface area contributed by atoms with Crippen LogP contribution in [-0.4, -0.2) is 24.3 Å². The van der Waals surface area contributed by atoms with Crippen LogP contribution in [0.4, 0.5) is 9.18 Å². The van der Waals surface area contributed by atoms with Gasteiger partial charge in [-0.1, -0.05) is 12.1 Å². The van der Waals surface area contributed by atoms with E-state index >= 15 is 0 Å². The van der Waals surface area contributed by atoms with Crippen molar-refractivity contribution in [3.05, 3.63) is 41.7 Å². The highest BCUT2D eigenvalue weighted by Crippen LogP contribution is 2.16. The van der Waals surface area contributed by atoms with Crippen LogP contribution in [0.3, 0.4) is 0 Å². The molecule has 1 amide bonds. The maximum absolute atomic E-state index is 13.0. The Morgan fingerprint density at radius 3 is 2.35 bits per heavy atom. The van der Waals surface area contributed by atoms with Crippen molar-refractivity contribution < 1.29 is 18.7 Å². The average Bonchev–Trinajstić information content (AvgIpc) is 2.42. The molecular formula is C18H26FNO3. The first kappa shape index (κ1) is 19.0. The van der Waals surface area contributed by atoms with Crippen molar-refractivity contribution in [1.29, 1.82) is 0 Å². The molecule has 1 rings (SSSR count). The second-order valence-corrected chi connectivity index (χ2v) is 6.61. The highest BCUT2D eigenvalue weighted by Gasteiger charge is 2.16. The third-order valence-electron chi connectivity index (χ3n) is 2.74. The summed E-state index contributed by atoms with van der Waals surface area (Å²) in [6.07, 6.45) is 0.488. The van der Waals surface area contributed by atoms with Gasteiger partial charge in [0, 0.05) is 6.54 Å². The molecular weight excluding hydrogens is 297 g/mol. The molecule has 0 radical (unpaired) electrons. The van der Waals surface area contributed by atoms with E-state index in [2.05, 4.69) is 5.32 Å². The van der Waals surface area contributed by atoms with Gasteiger partial charge in [0.05, 0.1) is 12.4 Å². The van der Waals surface area contributed by atoms with E-state index in [1.165, 1.54) is 0 Å². The molecule has 5 heteroatoms. The first-order valence-corrected chi connectivity index (χ1v) is 7.70. The predicted octanol–water partition coefficient (Wildman–Crippen LogP) is 4.39. The fourth-order valence-corrected chi connectivity index (χ4v) is 1.86. The highest BCUT2D eigenvalue weighted by atomic mass is 19.1. The number of alkyl carbamates (subject to hydrolysis) is 1. The fourth-order valence-electron chi connectivity index (χ4n) is 1.86. The number of benzene rings is 1. The van der Waals surface area contributed by atoms with E-state index in [0.29, 0.717) is 18.3 Å². The van der Waals surface area contributed by atoms with Gasteiger partial charge in [-0.3, -0.25) is 0 Å². The minimum atomic E-state index is -0.573. The summed E-state index contributed by atoms with van der Waals surface area (Å²) in [5.74, 6) is 0.779. The van der Waals surface area contributed by atoms with Crippen molar-refractivity contribution in [2.24, 2.45) is 0 Å². The zero-order valence-electron chi connectivity index (χ0n) is 14.5. The van der Waals surface area contributed by atoms with Gasteiger partial charge in [-0.25, -0.2) is 9.18 Å². The Morgan fingerprint density at radius 2 is 1.87 bits per heavy atom. The number of hydrogen-bond donors (Lipinski definition) is 1. The van der Waals surface area contributed by atoms with E-state index in [0.717, 1.165) is 11.3 Å². The fraction of sp³-hybridized carbons (Fsp3) is 0.500. The van der Waals surface area contributed by atoms with Crippen molar-refractivity contribution in [1.82, 2.24) is 5.32 Å². The summed E-state index contributed by atoms with van der Waals surface area (Å²) in [5.41, 5.74) is 0.833. The molecule has 0 heterocycles. The number of carbonyl (C=O) groups is 1. The molecule has 0 aliphatic carbocycles. The van der Waals surface area contributed by atoms with Crippen LogP contribution in [0.15, 0.2) is 36.2 Å². The van der Waals surface area contributed by atoms with E-state index in [1.54, 1.807) is 20.8 Å².